The highest BCUT2D eigenvalue weighted by molar-refractivity contribution is 5.84. The van der Waals surface area contributed by atoms with E-state index in [9.17, 15) is 20.4 Å². The molecule has 0 heterocycles. The fourth-order valence-electron chi connectivity index (χ4n) is 4.84. The number of unbranched alkanes of at least 4 members (excludes halogenated alkanes) is 2. The van der Waals surface area contributed by atoms with E-state index in [1.165, 1.54) is 12.1 Å². The van der Waals surface area contributed by atoms with Gasteiger partial charge in [-0.15, -0.1) is 0 Å². The zero-order valence-corrected chi connectivity index (χ0v) is 26.7. The molecule has 0 saturated heterocycles. The van der Waals surface area contributed by atoms with Gasteiger partial charge in [0.1, 0.15) is 48.4 Å². The molecule has 8 nitrogen and oxygen atoms in total. The van der Waals surface area contributed by atoms with Crippen molar-refractivity contribution < 1.29 is 39.4 Å². The molecule has 46 heavy (non-hydrogen) atoms. The third-order valence-electron chi connectivity index (χ3n) is 7.39. The van der Waals surface area contributed by atoms with Crippen LogP contribution in [0.1, 0.15) is 39.5 Å². The number of hydrogen-bond donors (Lipinski definition) is 4. The standard InChI is InChI=1S/C38H46O8/c1-3-5-16-43-23-31(39)25-45-33-12-14-35(37(41)21-33)29-18-28(27-10-8-7-9-11-27)19-30(20-29)36-15-13-34(22-38(36)42)46-26-32(40)24-44-17-6-4-2/h7-15,18-22,31-32,39-42H,3-6,16-17,23-26H2,1-2H3. The Kier molecular flexibility index (Phi) is 13.7. The lowest BCUT2D eigenvalue weighted by atomic mass is 9.92. The van der Waals surface area contributed by atoms with Crippen LogP contribution in [0, 0.1) is 0 Å². The Morgan fingerprint density at radius 1 is 0.522 bits per heavy atom. The van der Waals surface area contributed by atoms with Crippen molar-refractivity contribution in [3.63, 3.8) is 0 Å². The minimum absolute atomic E-state index is 0.0209. The second-order valence-corrected chi connectivity index (χ2v) is 11.3. The van der Waals surface area contributed by atoms with E-state index < -0.39 is 12.2 Å². The molecule has 0 saturated carbocycles. The van der Waals surface area contributed by atoms with E-state index in [-0.39, 0.29) is 37.9 Å². The highest BCUT2D eigenvalue weighted by Crippen LogP contribution is 2.40. The second-order valence-electron chi connectivity index (χ2n) is 11.3. The van der Waals surface area contributed by atoms with Crippen LogP contribution < -0.4 is 9.47 Å². The maximum absolute atomic E-state index is 11.0. The normalized spacial score (nSPS) is 12.5. The van der Waals surface area contributed by atoms with Gasteiger partial charge >= 0.3 is 0 Å². The number of benzene rings is 4. The molecule has 0 spiro atoms. The number of ether oxygens (including phenoxy) is 4. The van der Waals surface area contributed by atoms with Crippen LogP contribution in [0.5, 0.6) is 23.0 Å². The molecule has 8 heteroatoms. The van der Waals surface area contributed by atoms with E-state index >= 15 is 0 Å². The summed E-state index contributed by atoms with van der Waals surface area (Å²) in [7, 11) is 0. The van der Waals surface area contributed by atoms with Crippen LogP contribution >= 0.6 is 0 Å². The second kappa shape index (κ2) is 18.2. The van der Waals surface area contributed by atoms with Gasteiger partial charge in [-0.25, -0.2) is 0 Å². The fraction of sp³-hybridized carbons (Fsp3) is 0.368. The smallest absolute Gasteiger partial charge is 0.127 e. The first-order valence-electron chi connectivity index (χ1n) is 16.0. The Bertz CT molecular complexity index is 1400. The van der Waals surface area contributed by atoms with Crippen molar-refractivity contribution in [2.75, 3.05) is 39.6 Å². The van der Waals surface area contributed by atoms with Crippen LogP contribution in [0.2, 0.25) is 0 Å². The van der Waals surface area contributed by atoms with E-state index in [4.69, 9.17) is 18.9 Å². The van der Waals surface area contributed by atoms with E-state index in [0.717, 1.165) is 47.9 Å². The lowest BCUT2D eigenvalue weighted by molar-refractivity contribution is 0.0113. The summed E-state index contributed by atoms with van der Waals surface area (Å²) in [6.45, 7) is 5.83. The van der Waals surface area contributed by atoms with Crippen LogP contribution in [-0.2, 0) is 9.47 Å². The fourth-order valence-corrected chi connectivity index (χ4v) is 4.84. The molecule has 2 atom stereocenters. The number of aliphatic hydroxyl groups excluding tert-OH is 2. The number of phenols is 2. The maximum Gasteiger partial charge on any atom is 0.127 e. The summed E-state index contributed by atoms with van der Waals surface area (Å²) in [5.74, 6) is 0.901. The molecule has 4 rings (SSSR count). The first kappa shape index (κ1) is 34.8. The van der Waals surface area contributed by atoms with Gasteiger partial charge in [0.2, 0.25) is 0 Å². The van der Waals surface area contributed by atoms with Crippen molar-refractivity contribution in [3.8, 4) is 56.4 Å². The molecule has 4 aromatic rings. The van der Waals surface area contributed by atoms with Gasteiger partial charge in [0, 0.05) is 36.5 Å². The van der Waals surface area contributed by atoms with Crippen LogP contribution in [-0.4, -0.2) is 72.3 Å². The molecule has 2 unspecified atom stereocenters. The molecule has 246 valence electrons. The zero-order valence-electron chi connectivity index (χ0n) is 26.7. The van der Waals surface area contributed by atoms with E-state index in [1.807, 2.05) is 48.5 Å². The van der Waals surface area contributed by atoms with Gasteiger partial charge in [-0.1, -0.05) is 57.0 Å². The predicted octanol–water partition coefficient (Wildman–Crippen LogP) is 7.21. The molecule has 0 radical (unpaired) electrons. The van der Waals surface area contributed by atoms with Crippen molar-refractivity contribution in [1.29, 1.82) is 0 Å². The van der Waals surface area contributed by atoms with Gasteiger partial charge in [-0.3, -0.25) is 0 Å². The third-order valence-corrected chi connectivity index (χ3v) is 7.39. The Balaban J connectivity index is 1.53. The summed E-state index contributed by atoms with van der Waals surface area (Å²) in [6, 6.07) is 25.9. The molecule has 0 aliphatic carbocycles. The highest BCUT2D eigenvalue weighted by Gasteiger charge is 2.15. The number of phenolic OH excluding ortho intramolecular Hbond substituents is 2. The molecule has 0 aromatic heterocycles. The summed E-state index contributed by atoms with van der Waals surface area (Å²) < 4.78 is 22.3. The summed E-state index contributed by atoms with van der Waals surface area (Å²) in [5, 5.41) is 42.4. The summed E-state index contributed by atoms with van der Waals surface area (Å²) >= 11 is 0. The topological polar surface area (TPSA) is 118 Å². The van der Waals surface area contributed by atoms with E-state index in [0.29, 0.717) is 35.8 Å². The van der Waals surface area contributed by atoms with Crippen molar-refractivity contribution in [3.05, 3.63) is 84.9 Å². The van der Waals surface area contributed by atoms with Crippen molar-refractivity contribution in [2.45, 2.75) is 51.7 Å². The molecule has 0 amide bonds. The molecule has 4 aromatic carbocycles. The number of aliphatic hydroxyl groups is 2. The molecular weight excluding hydrogens is 584 g/mol. The predicted molar refractivity (Wildman–Crippen MR) is 181 cm³/mol. The largest absolute Gasteiger partial charge is 0.507 e. The Morgan fingerprint density at radius 3 is 1.41 bits per heavy atom. The highest BCUT2D eigenvalue weighted by atomic mass is 16.5. The Labute approximate surface area is 271 Å². The molecule has 4 N–H and O–H groups in total. The van der Waals surface area contributed by atoms with E-state index in [1.54, 1.807) is 24.3 Å². The number of hydrogen-bond acceptors (Lipinski definition) is 8. The maximum atomic E-state index is 11.0. The summed E-state index contributed by atoms with van der Waals surface area (Å²) in [5.41, 5.74) is 4.56. The monoisotopic (exact) mass is 630 g/mol. The lowest BCUT2D eigenvalue weighted by Crippen LogP contribution is -2.23. The lowest BCUT2D eigenvalue weighted by Gasteiger charge is -2.16. The van der Waals surface area contributed by atoms with Gasteiger partial charge in [0.15, 0.2) is 0 Å². The van der Waals surface area contributed by atoms with Crippen LogP contribution in [0.15, 0.2) is 84.9 Å². The average Bonchev–Trinajstić information content (AvgIpc) is 3.07. The van der Waals surface area contributed by atoms with Crippen LogP contribution in [0.4, 0.5) is 0 Å². The SMILES string of the molecule is CCCCOCC(O)COc1ccc(-c2cc(-c3ccccc3)cc(-c3ccc(OCC(O)COCCCC)cc3O)c2)c(O)c1. The Hall–Kier alpha value is -4.08. The molecule has 0 aliphatic heterocycles. The summed E-state index contributed by atoms with van der Waals surface area (Å²) in [4.78, 5) is 0. The van der Waals surface area contributed by atoms with E-state index in [2.05, 4.69) is 13.8 Å². The minimum atomic E-state index is -0.775. The molecule has 0 fully saturated rings. The first-order chi connectivity index (χ1) is 22.4. The minimum Gasteiger partial charge on any atom is -0.507 e. The van der Waals surface area contributed by atoms with Gasteiger partial charge < -0.3 is 39.4 Å². The van der Waals surface area contributed by atoms with Gasteiger partial charge in [-0.2, -0.15) is 0 Å². The van der Waals surface area contributed by atoms with Crippen molar-refractivity contribution in [2.24, 2.45) is 0 Å². The Morgan fingerprint density at radius 2 is 0.978 bits per heavy atom. The van der Waals surface area contributed by atoms with Gasteiger partial charge in [0.05, 0.1) is 13.2 Å². The van der Waals surface area contributed by atoms with Gasteiger partial charge in [-0.05, 0) is 77.6 Å². The van der Waals surface area contributed by atoms with Crippen LogP contribution in [0.3, 0.4) is 0 Å². The quantitative estimate of drug-likeness (QED) is 0.0803. The van der Waals surface area contributed by atoms with Gasteiger partial charge in [0.25, 0.3) is 0 Å². The zero-order chi connectivity index (χ0) is 32.7. The van der Waals surface area contributed by atoms with Crippen molar-refractivity contribution in [1.82, 2.24) is 0 Å². The third kappa shape index (κ3) is 10.5. The van der Waals surface area contributed by atoms with Crippen molar-refractivity contribution >= 4 is 0 Å². The average molecular weight is 631 g/mol. The number of rotatable bonds is 19. The molecular formula is C38H46O8. The first-order valence-corrected chi connectivity index (χ1v) is 16.0. The number of aromatic hydroxyl groups is 2. The summed E-state index contributed by atoms with van der Waals surface area (Å²) in [6.07, 6.45) is 2.38. The molecule has 0 aliphatic rings. The van der Waals surface area contributed by atoms with Crippen LogP contribution in [0.25, 0.3) is 33.4 Å². The molecule has 0 bridgehead atoms.